The molecule has 0 aliphatic heterocycles. The molecule has 0 radical (unpaired) electrons. The number of rotatable bonds is 3. The summed E-state index contributed by atoms with van der Waals surface area (Å²) in [5.74, 6) is 0.405. The highest BCUT2D eigenvalue weighted by Gasteiger charge is 2.22. The van der Waals surface area contributed by atoms with Crippen LogP contribution in [0, 0.1) is 19.7 Å². The summed E-state index contributed by atoms with van der Waals surface area (Å²) < 4.78 is 17.9. The third-order valence-electron chi connectivity index (χ3n) is 5.00. The topological polar surface area (TPSA) is 29.3 Å². The van der Waals surface area contributed by atoms with Gasteiger partial charge in [0, 0.05) is 5.56 Å². The molecular formula is C23H17ClFN3S. The number of aryl methyl sites for hydroxylation is 2. The summed E-state index contributed by atoms with van der Waals surface area (Å²) in [7, 11) is 0. The number of nitrogens with one attached hydrogen (secondary N) is 1. The lowest BCUT2D eigenvalue weighted by Crippen LogP contribution is -2.00. The van der Waals surface area contributed by atoms with Gasteiger partial charge in [-0.1, -0.05) is 58.8 Å². The molecule has 3 nitrogen and oxygen atoms in total. The summed E-state index contributed by atoms with van der Waals surface area (Å²) in [6.07, 6.45) is 0. The van der Waals surface area contributed by atoms with E-state index in [0.717, 1.165) is 32.0 Å². The van der Waals surface area contributed by atoms with E-state index >= 15 is 0 Å². The van der Waals surface area contributed by atoms with Gasteiger partial charge in [-0.3, -0.25) is 4.40 Å². The molecule has 144 valence electrons. The van der Waals surface area contributed by atoms with Crippen molar-refractivity contribution in [1.29, 1.82) is 0 Å². The minimum atomic E-state index is -0.301. The van der Waals surface area contributed by atoms with Crippen LogP contribution in [0.3, 0.4) is 0 Å². The first kappa shape index (κ1) is 18.2. The average molecular weight is 422 g/mol. The fourth-order valence-electron chi connectivity index (χ4n) is 3.55. The van der Waals surface area contributed by atoms with Gasteiger partial charge in [0.15, 0.2) is 4.96 Å². The van der Waals surface area contributed by atoms with Crippen molar-refractivity contribution in [1.82, 2.24) is 9.38 Å². The average Bonchev–Trinajstić information content (AvgIpc) is 3.23. The Morgan fingerprint density at radius 2 is 1.86 bits per heavy atom. The molecule has 5 rings (SSSR count). The maximum absolute atomic E-state index is 14.8. The van der Waals surface area contributed by atoms with E-state index in [1.165, 1.54) is 6.07 Å². The molecule has 0 bridgehead atoms. The number of thiazole rings is 1. The summed E-state index contributed by atoms with van der Waals surface area (Å²) in [4.78, 5) is 5.61. The van der Waals surface area contributed by atoms with Crippen molar-refractivity contribution in [3.63, 3.8) is 0 Å². The number of aromatic nitrogens is 2. The van der Waals surface area contributed by atoms with E-state index in [1.807, 2.05) is 60.7 Å². The van der Waals surface area contributed by atoms with Gasteiger partial charge in [-0.2, -0.15) is 0 Å². The third kappa shape index (κ3) is 2.98. The van der Waals surface area contributed by atoms with E-state index in [2.05, 4.69) is 11.4 Å². The van der Waals surface area contributed by atoms with Crippen LogP contribution in [0.1, 0.15) is 11.1 Å². The zero-order chi connectivity index (χ0) is 20.1. The van der Waals surface area contributed by atoms with Crippen molar-refractivity contribution in [2.24, 2.45) is 0 Å². The number of benzene rings is 3. The molecule has 0 unspecified atom stereocenters. The van der Waals surface area contributed by atoms with Gasteiger partial charge in [-0.15, -0.1) is 0 Å². The van der Waals surface area contributed by atoms with Crippen molar-refractivity contribution in [2.75, 3.05) is 5.32 Å². The fraction of sp³-hybridized carbons (Fsp3) is 0.0870. The number of nitrogens with zero attached hydrogens (tertiary/aromatic N) is 2. The molecule has 0 fully saturated rings. The summed E-state index contributed by atoms with van der Waals surface area (Å²) in [5.41, 5.74) is 4.83. The van der Waals surface area contributed by atoms with Gasteiger partial charge in [-0.25, -0.2) is 9.37 Å². The van der Waals surface area contributed by atoms with Crippen LogP contribution >= 0.6 is 22.9 Å². The molecule has 0 aliphatic rings. The smallest absolute Gasteiger partial charge is 0.197 e. The highest BCUT2D eigenvalue weighted by molar-refractivity contribution is 7.23. The highest BCUT2D eigenvalue weighted by atomic mass is 35.5. The molecule has 0 atom stereocenters. The summed E-state index contributed by atoms with van der Waals surface area (Å²) in [6.45, 7) is 3.94. The largest absolute Gasteiger partial charge is 0.338 e. The molecule has 0 amide bonds. The molecule has 0 saturated carbocycles. The molecule has 1 N–H and O–H groups in total. The van der Waals surface area contributed by atoms with Crippen LogP contribution in [0.15, 0.2) is 60.7 Å². The lowest BCUT2D eigenvalue weighted by atomic mass is 10.1. The normalized spacial score (nSPS) is 11.4. The Morgan fingerprint density at radius 1 is 1.03 bits per heavy atom. The number of hydrogen-bond donors (Lipinski definition) is 1. The second-order valence-electron chi connectivity index (χ2n) is 7.04. The van der Waals surface area contributed by atoms with Crippen LogP contribution in [0.5, 0.6) is 0 Å². The summed E-state index contributed by atoms with van der Waals surface area (Å²) in [6, 6.07) is 18.9. The minimum absolute atomic E-state index is 0.301. The van der Waals surface area contributed by atoms with Crippen molar-refractivity contribution in [3.8, 4) is 11.3 Å². The number of para-hydroxylation sites is 2. The van der Waals surface area contributed by atoms with Gasteiger partial charge >= 0.3 is 0 Å². The third-order valence-corrected chi connectivity index (χ3v) is 6.33. The molecule has 0 spiro atoms. The summed E-state index contributed by atoms with van der Waals surface area (Å²) >= 11 is 8.06. The Balaban J connectivity index is 1.84. The quantitative estimate of drug-likeness (QED) is 0.329. The van der Waals surface area contributed by atoms with Gasteiger partial charge in [0.2, 0.25) is 0 Å². The molecule has 5 aromatic rings. The van der Waals surface area contributed by atoms with Gasteiger partial charge in [0.05, 0.1) is 20.9 Å². The molecule has 0 aliphatic carbocycles. The number of imidazole rings is 1. The Morgan fingerprint density at radius 3 is 2.69 bits per heavy atom. The Kier molecular flexibility index (Phi) is 4.30. The minimum Gasteiger partial charge on any atom is -0.338 e. The van der Waals surface area contributed by atoms with E-state index in [9.17, 15) is 4.39 Å². The molecule has 0 saturated heterocycles. The highest BCUT2D eigenvalue weighted by Crippen LogP contribution is 2.40. The zero-order valence-electron chi connectivity index (χ0n) is 15.8. The van der Waals surface area contributed by atoms with Crippen molar-refractivity contribution >= 4 is 49.6 Å². The molecule has 2 aromatic heterocycles. The molecular weight excluding hydrogens is 405 g/mol. The van der Waals surface area contributed by atoms with Crippen LogP contribution in [0.2, 0.25) is 5.02 Å². The van der Waals surface area contributed by atoms with Gasteiger partial charge < -0.3 is 5.32 Å². The van der Waals surface area contributed by atoms with E-state index in [1.54, 1.807) is 17.4 Å². The molecule has 29 heavy (non-hydrogen) atoms. The van der Waals surface area contributed by atoms with E-state index in [0.29, 0.717) is 22.1 Å². The first-order chi connectivity index (χ1) is 14.0. The second kappa shape index (κ2) is 6.87. The fourth-order valence-corrected chi connectivity index (χ4v) is 4.84. The van der Waals surface area contributed by atoms with Gasteiger partial charge in [0.25, 0.3) is 0 Å². The van der Waals surface area contributed by atoms with Crippen LogP contribution in [0.4, 0.5) is 15.9 Å². The standard InChI is InChI=1S/C23H17ClFN3S/c1-13-10-11-17(25)15(12-13)21-22(26-20-14(2)6-5-7-16(20)24)28-18-8-3-4-9-19(18)29-23(28)27-21/h3-12,26H,1-2H3. The van der Waals surface area contributed by atoms with Gasteiger partial charge in [0.1, 0.15) is 17.3 Å². The first-order valence-electron chi connectivity index (χ1n) is 9.21. The van der Waals surface area contributed by atoms with Crippen molar-refractivity contribution < 1.29 is 4.39 Å². The number of hydrogen-bond acceptors (Lipinski definition) is 3. The summed E-state index contributed by atoms with van der Waals surface area (Å²) in [5, 5.41) is 4.07. The Bertz CT molecular complexity index is 1370. The number of fused-ring (bicyclic) bond motifs is 3. The van der Waals surface area contributed by atoms with E-state index in [4.69, 9.17) is 16.6 Å². The first-order valence-corrected chi connectivity index (χ1v) is 10.4. The SMILES string of the molecule is Cc1ccc(F)c(-c2nc3sc4ccccc4n3c2Nc2c(C)cccc2Cl)c1. The molecule has 3 aromatic carbocycles. The van der Waals surface area contributed by atoms with Crippen LogP contribution in [-0.2, 0) is 0 Å². The lowest BCUT2D eigenvalue weighted by Gasteiger charge is -2.13. The van der Waals surface area contributed by atoms with Crippen molar-refractivity contribution in [3.05, 3.63) is 82.6 Å². The molecule has 6 heteroatoms. The van der Waals surface area contributed by atoms with Crippen LogP contribution < -0.4 is 5.32 Å². The monoisotopic (exact) mass is 421 g/mol. The Labute approximate surface area is 176 Å². The molecule has 2 heterocycles. The second-order valence-corrected chi connectivity index (χ2v) is 8.45. The van der Waals surface area contributed by atoms with Crippen LogP contribution in [0.25, 0.3) is 26.4 Å². The van der Waals surface area contributed by atoms with E-state index < -0.39 is 0 Å². The predicted molar refractivity (Wildman–Crippen MR) is 120 cm³/mol. The van der Waals surface area contributed by atoms with E-state index in [-0.39, 0.29) is 5.82 Å². The number of halogens is 2. The lowest BCUT2D eigenvalue weighted by molar-refractivity contribution is 0.630. The van der Waals surface area contributed by atoms with Gasteiger partial charge in [-0.05, 0) is 49.7 Å². The van der Waals surface area contributed by atoms with Crippen molar-refractivity contribution in [2.45, 2.75) is 13.8 Å². The zero-order valence-corrected chi connectivity index (χ0v) is 17.4. The Hall–Kier alpha value is -2.89. The predicted octanol–water partition coefficient (Wildman–Crippen LogP) is 7.37. The number of anilines is 2. The van der Waals surface area contributed by atoms with Crippen LogP contribution in [-0.4, -0.2) is 9.38 Å². The maximum Gasteiger partial charge on any atom is 0.197 e. The maximum atomic E-state index is 14.8.